The van der Waals surface area contributed by atoms with Gasteiger partial charge in [-0.3, -0.25) is 9.71 Å². The van der Waals surface area contributed by atoms with Gasteiger partial charge in [0.2, 0.25) is 0 Å². The van der Waals surface area contributed by atoms with Crippen molar-refractivity contribution in [2.75, 3.05) is 6.61 Å². The molecule has 0 atom stereocenters. The summed E-state index contributed by atoms with van der Waals surface area (Å²) in [6.07, 6.45) is 0. The van der Waals surface area contributed by atoms with Crippen molar-refractivity contribution in [3.63, 3.8) is 0 Å². The zero-order valence-corrected chi connectivity index (χ0v) is 15.3. The summed E-state index contributed by atoms with van der Waals surface area (Å²) in [6, 6.07) is 12.8. The molecule has 0 amide bonds. The van der Waals surface area contributed by atoms with Crippen LogP contribution in [0.25, 0.3) is 4.91 Å². The van der Waals surface area contributed by atoms with Gasteiger partial charge in [0.05, 0.1) is 13.2 Å². The minimum atomic E-state index is -3.73. The zero-order valence-electron chi connectivity index (χ0n) is 14.5. The Morgan fingerprint density at radius 3 is 2.50 bits per heavy atom. The third-order valence-corrected chi connectivity index (χ3v) is 5.52. The van der Waals surface area contributed by atoms with Crippen LogP contribution in [0, 0.1) is 5.82 Å². The Morgan fingerprint density at radius 1 is 1.12 bits per heavy atom. The van der Waals surface area contributed by atoms with Crippen LogP contribution in [0.15, 0.2) is 59.1 Å². The molecule has 1 heterocycles. The summed E-state index contributed by atoms with van der Waals surface area (Å²) in [5, 5.41) is 0. The number of para-hydroxylation sites is 1. The second-order valence-electron chi connectivity index (χ2n) is 5.77. The number of aliphatic imine (C=N–C) groups is 1. The van der Waals surface area contributed by atoms with Crippen molar-refractivity contribution in [2.24, 2.45) is 4.99 Å². The average Bonchev–Trinajstić information content (AvgIpc) is 2.84. The molecule has 0 spiro atoms. The van der Waals surface area contributed by atoms with Crippen molar-refractivity contribution in [3.8, 4) is 5.75 Å². The summed E-state index contributed by atoms with van der Waals surface area (Å²) < 4.78 is 46.1. The Labute approximate surface area is 152 Å². The molecule has 7 heteroatoms. The SMILES string of the molecule is CCOc1ccccc1CN=C1NS(=O)(=O)C(c2ccc(F)cc2)=C1C. The Balaban J connectivity index is 1.94. The number of nitrogens with one attached hydrogen (secondary N) is 1. The van der Waals surface area contributed by atoms with Crippen LogP contribution >= 0.6 is 0 Å². The van der Waals surface area contributed by atoms with Gasteiger partial charge in [-0.05, 0) is 37.6 Å². The van der Waals surface area contributed by atoms with Gasteiger partial charge in [0.1, 0.15) is 22.3 Å². The van der Waals surface area contributed by atoms with Crippen molar-refractivity contribution in [2.45, 2.75) is 20.4 Å². The third-order valence-electron chi connectivity index (χ3n) is 3.98. The first kappa shape index (κ1) is 18.1. The van der Waals surface area contributed by atoms with E-state index in [1.807, 2.05) is 31.2 Å². The molecule has 0 fully saturated rings. The topological polar surface area (TPSA) is 67.8 Å². The van der Waals surface area contributed by atoms with E-state index < -0.39 is 15.8 Å². The van der Waals surface area contributed by atoms with Crippen molar-refractivity contribution < 1.29 is 17.5 Å². The fraction of sp³-hybridized carbons (Fsp3) is 0.211. The predicted octanol–water partition coefficient (Wildman–Crippen LogP) is 3.49. The van der Waals surface area contributed by atoms with Gasteiger partial charge in [-0.25, -0.2) is 12.8 Å². The number of nitrogens with zero attached hydrogens (tertiary/aromatic N) is 1. The zero-order chi connectivity index (χ0) is 18.7. The third kappa shape index (κ3) is 3.62. The number of sulfonamides is 1. The van der Waals surface area contributed by atoms with Crippen LogP contribution in [-0.4, -0.2) is 20.9 Å². The lowest BCUT2D eigenvalue weighted by Crippen LogP contribution is -2.23. The molecule has 1 N–H and O–H groups in total. The smallest absolute Gasteiger partial charge is 0.264 e. The van der Waals surface area contributed by atoms with Gasteiger partial charge in [-0.2, -0.15) is 0 Å². The minimum absolute atomic E-state index is 0.120. The largest absolute Gasteiger partial charge is 0.494 e. The molecule has 0 saturated heterocycles. The number of amidine groups is 1. The monoisotopic (exact) mass is 374 g/mol. The van der Waals surface area contributed by atoms with E-state index in [4.69, 9.17) is 4.74 Å². The molecule has 3 rings (SSSR count). The van der Waals surface area contributed by atoms with E-state index in [1.165, 1.54) is 24.3 Å². The molecule has 5 nitrogen and oxygen atoms in total. The number of ether oxygens (including phenoxy) is 1. The Hall–Kier alpha value is -2.67. The van der Waals surface area contributed by atoms with Crippen LogP contribution in [0.1, 0.15) is 25.0 Å². The maximum atomic E-state index is 13.1. The van der Waals surface area contributed by atoms with E-state index in [0.29, 0.717) is 17.7 Å². The lowest BCUT2D eigenvalue weighted by Gasteiger charge is -2.08. The molecule has 0 aromatic heterocycles. The first-order valence-corrected chi connectivity index (χ1v) is 9.66. The molecular formula is C19H19FN2O3S. The van der Waals surface area contributed by atoms with Crippen LogP contribution in [0.2, 0.25) is 0 Å². The van der Waals surface area contributed by atoms with Gasteiger partial charge < -0.3 is 4.74 Å². The highest BCUT2D eigenvalue weighted by atomic mass is 32.2. The van der Waals surface area contributed by atoms with E-state index in [-0.39, 0.29) is 17.3 Å². The van der Waals surface area contributed by atoms with Gasteiger partial charge >= 0.3 is 0 Å². The second kappa shape index (κ2) is 7.29. The van der Waals surface area contributed by atoms with Crippen LogP contribution < -0.4 is 9.46 Å². The number of hydrogen-bond acceptors (Lipinski definition) is 4. The molecule has 136 valence electrons. The summed E-state index contributed by atoms with van der Waals surface area (Å²) in [5.74, 6) is 0.591. The van der Waals surface area contributed by atoms with Crippen molar-refractivity contribution in [1.82, 2.24) is 4.72 Å². The number of hydrogen-bond donors (Lipinski definition) is 1. The molecule has 1 aliphatic heterocycles. The molecule has 0 aliphatic carbocycles. The molecule has 0 bridgehead atoms. The van der Waals surface area contributed by atoms with Crippen LogP contribution in [-0.2, 0) is 16.6 Å². The maximum absolute atomic E-state index is 13.1. The standard InChI is InChI=1S/C19H19FN2O3S/c1-3-25-17-7-5-4-6-15(17)12-21-19-13(2)18(26(23,24)22-19)14-8-10-16(20)11-9-14/h4-11H,3,12H2,1-2H3,(H,21,22). The molecule has 0 radical (unpaired) electrons. The normalized spacial score (nSPS) is 17.4. The first-order valence-electron chi connectivity index (χ1n) is 8.17. The number of rotatable bonds is 5. The molecule has 2 aromatic rings. The van der Waals surface area contributed by atoms with Crippen molar-refractivity contribution >= 4 is 20.8 Å². The Kier molecular flexibility index (Phi) is 5.08. The Morgan fingerprint density at radius 2 is 1.81 bits per heavy atom. The lowest BCUT2D eigenvalue weighted by molar-refractivity contribution is 0.336. The Bertz CT molecular complexity index is 980. The predicted molar refractivity (Wildman–Crippen MR) is 99.8 cm³/mol. The summed E-state index contributed by atoms with van der Waals surface area (Å²) in [5.41, 5.74) is 1.80. The summed E-state index contributed by atoms with van der Waals surface area (Å²) in [7, 11) is -3.73. The van der Waals surface area contributed by atoms with E-state index in [0.717, 1.165) is 11.3 Å². The van der Waals surface area contributed by atoms with E-state index in [9.17, 15) is 12.8 Å². The highest BCUT2D eigenvalue weighted by Crippen LogP contribution is 2.30. The molecule has 0 unspecified atom stereocenters. The van der Waals surface area contributed by atoms with Crippen LogP contribution in [0.5, 0.6) is 5.75 Å². The highest BCUT2D eigenvalue weighted by Gasteiger charge is 2.32. The van der Waals surface area contributed by atoms with E-state index >= 15 is 0 Å². The molecule has 1 aliphatic rings. The van der Waals surface area contributed by atoms with E-state index in [1.54, 1.807) is 6.92 Å². The summed E-state index contributed by atoms with van der Waals surface area (Å²) in [6.45, 7) is 4.40. The van der Waals surface area contributed by atoms with Crippen molar-refractivity contribution in [3.05, 3.63) is 71.0 Å². The van der Waals surface area contributed by atoms with E-state index in [2.05, 4.69) is 9.71 Å². The van der Waals surface area contributed by atoms with Gasteiger partial charge in [0.15, 0.2) is 0 Å². The second-order valence-corrected chi connectivity index (χ2v) is 7.39. The van der Waals surface area contributed by atoms with Crippen LogP contribution in [0.4, 0.5) is 4.39 Å². The number of benzene rings is 2. The summed E-state index contributed by atoms with van der Waals surface area (Å²) in [4.78, 5) is 4.54. The van der Waals surface area contributed by atoms with Crippen LogP contribution in [0.3, 0.4) is 0 Å². The fourth-order valence-electron chi connectivity index (χ4n) is 2.78. The first-order chi connectivity index (χ1) is 12.4. The molecule has 0 saturated carbocycles. The van der Waals surface area contributed by atoms with Gasteiger partial charge in [-0.15, -0.1) is 0 Å². The lowest BCUT2D eigenvalue weighted by atomic mass is 10.1. The quantitative estimate of drug-likeness (QED) is 0.871. The fourth-order valence-corrected chi connectivity index (χ4v) is 4.30. The molecule has 2 aromatic carbocycles. The van der Waals surface area contributed by atoms with Gasteiger partial charge in [-0.1, -0.05) is 30.3 Å². The van der Waals surface area contributed by atoms with Gasteiger partial charge in [0.25, 0.3) is 10.0 Å². The number of halogens is 1. The summed E-state index contributed by atoms with van der Waals surface area (Å²) >= 11 is 0. The minimum Gasteiger partial charge on any atom is -0.494 e. The molecule has 26 heavy (non-hydrogen) atoms. The highest BCUT2D eigenvalue weighted by molar-refractivity contribution is 8.00. The van der Waals surface area contributed by atoms with Gasteiger partial charge in [0, 0.05) is 11.1 Å². The maximum Gasteiger partial charge on any atom is 0.264 e. The molecular weight excluding hydrogens is 355 g/mol. The van der Waals surface area contributed by atoms with Crippen molar-refractivity contribution in [1.29, 1.82) is 0 Å². The average molecular weight is 374 g/mol.